The van der Waals surface area contributed by atoms with Crippen molar-refractivity contribution in [3.8, 4) is 0 Å². The van der Waals surface area contributed by atoms with Crippen LogP contribution in [-0.2, 0) is 0 Å². The van der Waals surface area contributed by atoms with Gasteiger partial charge in [-0.1, -0.05) is 31.5 Å². The van der Waals surface area contributed by atoms with Crippen molar-refractivity contribution in [1.82, 2.24) is 5.32 Å². The molecule has 0 radical (unpaired) electrons. The topological polar surface area (TPSA) is 61.4 Å². The Kier molecular flexibility index (Phi) is 5.65. The minimum absolute atomic E-state index is 0.0422. The molecule has 1 aromatic rings. The highest BCUT2D eigenvalue weighted by molar-refractivity contribution is 5.89. The maximum atomic E-state index is 11.7. The number of carbonyl (C=O) groups is 1. The maximum Gasteiger partial charge on any atom is 0.319 e. The third-order valence-corrected chi connectivity index (χ3v) is 2.62. The molecule has 1 atom stereocenters. The van der Waals surface area contributed by atoms with Gasteiger partial charge in [0, 0.05) is 5.69 Å². The SMILES string of the molecule is Cc1ccc(NC(=O)NC(CO)CC(C)C)cc1. The molecule has 4 nitrogen and oxygen atoms in total. The normalized spacial score (nSPS) is 12.3. The molecule has 18 heavy (non-hydrogen) atoms. The Morgan fingerprint density at radius 3 is 2.39 bits per heavy atom. The molecule has 100 valence electrons. The molecular weight excluding hydrogens is 228 g/mol. The number of hydrogen-bond donors (Lipinski definition) is 3. The van der Waals surface area contributed by atoms with Crippen LogP contribution in [0.15, 0.2) is 24.3 Å². The second-order valence-electron chi connectivity index (χ2n) is 4.97. The fraction of sp³-hybridized carbons (Fsp3) is 0.500. The van der Waals surface area contributed by atoms with Gasteiger partial charge in [-0.15, -0.1) is 0 Å². The quantitative estimate of drug-likeness (QED) is 0.752. The molecule has 0 saturated heterocycles. The molecule has 0 aliphatic heterocycles. The molecule has 0 aliphatic rings. The van der Waals surface area contributed by atoms with Crippen LogP contribution in [0.5, 0.6) is 0 Å². The molecule has 1 unspecified atom stereocenters. The van der Waals surface area contributed by atoms with Gasteiger partial charge in [0.05, 0.1) is 12.6 Å². The molecule has 4 heteroatoms. The summed E-state index contributed by atoms with van der Waals surface area (Å²) in [4.78, 5) is 11.7. The lowest BCUT2D eigenvalue weighted by Crippen LogP contribution is -2.40. The van der Waals surface area contributed by atoms with Gasteiger partial charge in [-0.05, 0) is 31.4 Å². The number of amides is 2. The van der Waals surface area contributed by atoms with E-state index in [4.69, 9.17) is 0 Å². The van der Waals surface area contributed by atoms with Crippen molar-refractivity contribution in [2.45, 2.75) is 33.2 Å². The highest BCUT2D eigenvalue weighted by Crippen LogP contribution is 2.09. The Labute approximate surface area is 108 Å². The number of hydrogen-bond acceptors (Lipinski definition) is 2. The first kappa shape index (κ1) is 14.5. The van der Waals surface area contributed by atoms with Gasteiger partial charge >= 0.3 is 6.03 Å². The summed E-state index contributed by atoms with van der Waals surface area (Å²) < 4.78 is 0. The average molecular weight is 250 g/mol. The van der Waals surface area contributed by atoms with E-state index in [2.05, 4.69) is 24.5 Å². The van der Waals surface area contributed by atoms with E-state index in [-0.39, 0.29) is 18.7 Å². The van der Waals surface area contributed by atoms with E-state index in [1.54, 1.807) is 0 Å². The Bertz CT molecular complexity index is 374. The predicted octanol–water partition coefficient (Wildman–Crippen LogP) is 2.52. The molecule has 0 aliphatic carbocycles. The van der Waals surface area contributed by atoms with Crippen LogP contribution in [0.1, 0.15) is 25.8 Å². The predicted molar refractivity (Wildman–Crippen MR) is 73.7 cm³/mol. The molecule has 1 aromatic carbocycles. The largest absolute Gasteiger partial charge is 0.394 e. The smallest absolute Gasteiger partial charge is 0.319 e. The number of urea groups is 1. The van der Waals surface area contributed by atoms with Gasteiger partial charge in [-0.25, -0.2) is 4.79 Å². The molecule has 0 spiro atoms. The standard InChI is InChI=1S/C14H22N2O2/c1-10(2)8-13(9-17)16-14(18)15-12-6-4-11(3)5-7-12/h4-7,10,13,17H,8-9H2,1-3H3,(H2,15,16,18). The van der Waals surface area contributed by atoms with E-state index in [9.17, 15) is 9.90 Å². The maximum absolute atomic E-state index is 11.7. The zero-order chi connectivity index (χ0) is 13.5. The van der Waals surface area contributed by atoms with Gasteiger partial charge in [-0.2, -0.15) is 0 Å². The van der Waals surface area contributed by atoms with E-state index in [1.807, 2.05) is 31.2 Å². The van der Waals surface area contributed by atoms with E-state index >= 15 is 0 Å². The lowest BCUT2D eigenvalue weighted by molar-refractivity contribution is 0.214. The molecule has 0 fully saturated rings. The number of aliphatic hydroxyl groups is 1. The summed E-state index contributed by atoms with van der Waals surface area (Å²) in [6.45, 7) is 6.07. The molecule has 0 bridgehead atoms. The minimum atomic E-state index is -0.279. The average Bonchev–Trinajstić information content (AvgIpc) is 2.30. The Hall–Kier alpha value is -1.55. The number of carbonyl (C=O) groups excluding carboxylic acids is 1. The van der Waals surface area contributed by atoms with Crippen LogP contribution >= 0.6 is 0 Å². The van der Waals surface area contributed by atoms with Crippen LogP contribution in [0.2, 0.25) is 0 Å². The van der Waals surface area contributed by atoms with Crippen LogP contribution in [0.4, 0.5) is 10.5 Å². The first-order valence-corrected chi connectivity index (χ1v) is 6.26. The van der Waals surface area contributed by atoms with Crippen LogP contribution in [-0.4, -0.2) is 23.8 Å². The summed E-state index contributed by atoms with van der Waals surface area (Å²) in [5, 5.41) is 14.7. The third kappa shape index (κ3) is 5.19. The summed E-state index contributed by atoms with van der Waals surface area (Å²) in [7, 11) is 0. The van der Waals surface area contributed by atoms with Crippen molar-refractivity contribution in [1.29, 1.82) is 0 Å². The Balaban J connectivity index is 2.47. The number of anilines is 1. The fourth-order valence-electron chi connectivity index (χ4n) is 1.74. The van der Waals surface area contributed by atoms with E-state index in [1.165, 1.54) is 0 Å². The summed E-state index contributed by atoms with van der Waals surface area (Å²) in [5.41, 5.74) is 1.90. The summed E-state index contributed by atoms with van der Waals surface area (Å²) in [5.74, 6) is 0.432. The Morgan fingerprint density at radius 1 is 1.28 bits per heavy atom. The molecular formula is C14H22N2O2. The molecule has 0 heterocycles. The van der Waals surface area contributed by atoms with Gasteiger partial charge in [0.2, 0.25) is 0 Å². The summed E-state index contributed by atoms with van der Waals surface area (Å²) >= 11 is 0. The molecule has 2 amide bonds. The first-order valence-electron chi connectivity index (χ1n) is 6.26. The third-order valence-electron chi connectivity index (χ3n) is 2.62. The lowest BCUT2D eigenvalue weighted by atomic mass is 10.0. The van der Waals surface area contributed by atoms with Gasteiger partial charge in [0.25, 0.3) is 0 Å². The van der Waals surface area contributed by atoms with Crippen molar-refractivity contribution >= 4 is 11.7 Å². The molecule has 0 aromatic heterocycles. The number of nitrogens with one attached hydrogen (secondary N) is 2. The zero-order valence-corrected chi connectivity index (χ0v) is 11.2. The number of benzene rings is 1. The van der Waals surface area contributed by atoms with Gasteiger partial charge in [-0.3, -0.25) is 0 Å². The Morgan fingerprint density at radius 2 is 1.89 bits per heavy atom. The highest BCUT2D eigenvalue weighted by Gasteiger charge is 2.12. The van der Waals surface area contributed by atoms with Crippen molar-refractivity contribution < 1.29 is 9.90 Å². The number of rotatable bonds is 5. The van der Waals surface area contributed by atoms with Crippen molar-refractivity contribution in [2.75, 3.05) is 11.9 Å². The number of aryl methyl sites for hydroxylation is 1. The van der Waals surface area contributed by atoms with Crippen LogP contribution in [0, 0.1) is 12.8 Å². The fourth-order valence-corrected chi connectivity index (χ4v) is 1.74. The van der Waals surface area contributed by atoms with E-state index in [0.717, 1.165) is 17.7 Å². The monoisotopic (exact) mass is 250 g/mol. The second-order valence-corrected chi connectivity index (χ2v) is 4.97. The summed E-state index contributed by atoms with van der Waals surface area (Å²) in [6, 6.07) is 7.10. The van der Waals surface area contributed by atoms with Crippen molar-refractivity contribution in [2.24, 2.45) is 5.92 Å². The first-order chi connectivity index (χ1) is 8.51. The summed E-state index contributed by atoms with van der Waals surface area (Å²) in [6.07, 6.45) is 0.762. The lowest BCUT2D eigenvalue weighted by Gasteiger charge is -2.18. The second kappa shape index (κ2) is 7.01. The molecule has 0 saturated carbocycles. The van der Waals surface area contributed by atoms with E-state index < -0.39 is 0 Å². The van der Waals surface area contributed by atoms with Gasteiger partial charge < -0.3 is 15.7 Å². The van der Waals surface area contributed by atoms with Crippen LogP contribution < -0.4 is 10.6 Å². The minimum Gasteiger partial charge on any atom is -0.394 e. The van der Waals surface area contributed by atoms with Crippen LogP contribution in [0.25, 0.3) is 0 Å². The van der Waals surface area contributed by atoms with Crippen molar-refractivity contribution in [3.63, 3.8) is 0 Å². The van der Waals surface area contributed by atoms with Gasteiger partial charge in [0.1, 0.15) is 0 Å². The van der Waals surface area contributed by atoms with Crippen molar-refractivity contribution in [3.05, 3.63) is 29.8 Å². The van der Waals surface area contributed by atoms with Gasteiger partial charge in [0.15, 0.2) is 0 Å². The molecule has 1 rings (SSSR count). The molecule has 3 N–H and O–H groups in total. The number of aliphatic hydroxyl groups excluding tert-OH is 1. The zero-order valence-electron chi connectivity index (χ0n) is 11.2. The van der Waals surface area contributed by atoms with E-state index in [0.29, 0.717) is 5.92 Å². The highest BCUT2D eigenvalue weighted by atomic mass is 16.3. The van der Waals surface area contributed by atoms with Crippen LogP contribution in [0.3, 0.4) is 0 Å².